The molecule has 1 aliphatic carbocycles. The highest BCUT2D eigenvalue weighted by atomic mass is 16.5. The van der Waals surface area contributed by atoms with Crippen molar-refractivity contribution in [3.8, 4) is 11.3 Å². The molecule has 1 unspecified atom stereocenters. The smallest absolute Gasteiger partial charge is 0.335 e. The number of rotatable bonds is 6. The van der Waals surface area contributed by atoms with Crippen molar-refractivity contribution in [1.29, 1.82) is 0 Å². The number of aryl methyl sites for hydroxylation is 1. The molecule has 5 nitrogen and oxygen atoms in total. The third-order valence-electron chi connectivity index (χ3n) is 7.40. The number of carboxylic acid groups (broad SMARTS) is 1. The summed E-state index contributed by atoms with van der Waals surface area (Å²) < 4.78 is 8.80. The lowest BCUT2D eigenvalue weighted by atomic mass is 9.81. The predicted molar refractivity (Wildman–Crippen MR) is 132 cm³/mol. The summed E-state index contributed by atoms with van der Waals surface area (Å²) in [7, 11) is 4.14. The van der Waals surface area contributed by atoms with Gasteiger partial charge in [0.05, 0.1) is 24.0 Å². The first-order chi connectivity index (χ1) is 16.0. The fraction of sp³-hybridized carbons (Fsp3) is 0.464. The van der Waals surface area contributed by atoms with Crippen molar-refractivity contribution in [3.05, 3.63) is 59.2 Å². The molecule has 0 amide bonds. The van der Waals surface area contributed by atoms with E-state index in [0.717, 1.165) is 25.0 Å². The Morgan fingerprint density at radius 3 is 2.64 bits per heavy atom. The van der Waals surface area contributed by atoms with Gasteiger partial charge in [-0.25, -0.2) is 4.79 Å². The number of ether oxygens (including phenoxy) is 1. The van der Waals surface area contributed by atoms with Crippen LogP contribution in [-0.2, 0) is 11.3 Å². The molecule has 0 spiro atoms. The van der Waals surface area contributed by atoms with Crippen LogP contribution < -0.4 is 0 Å². The Morgan fingerprint density at radius 2 is 1.88 bits per heavy atom. The zero-order chi connectivity index (χ0) is 22.9. The van der Waals surface area contributed by atoms with E-state index in [4.69, 9.17) is 4.74 Å². The third kappa shape index (κ3) is 4.20. The maximum atomic E-state index is 11.8. The summed E-state index contributed by atoms with van der Waals surface area (Å²) in [6.07, 6.45) is 7.17. The van der Waals surface area contributed by atoms with Gasteiger partial charge in [-0.2, -0.15) is 0 Å². The number of likely N-dealkylation sites (N-methyl/N-ethyl adjacent to an activating group) is 1. The lowest BCUT2D eigenvalue weighted by molar-refractivity contribution is 0.0367. The first-order valence-corrected chi connectivity index (χ1v) is 12.3. The van der Waals surface area contributed by atoms with Crippen molar-refractivity contribution in [1.82, 2.24) is 9.47 Å². The van der Waals surface area contributed by atoms with E-state index in [1.165, 1.54) is 59.9 Å². The van der Waals surface area contributed by atoms with Gasteiger partial charge in [-0.05, 0) is 62.5 Å². The molecule has 1 aromatic heterocycles. The minimum Gasteiger partial charge on any atom is -0.478 e. The topological polar surface area (TPSA) is 54.7 Å². The second-order valence-electron chi connectivity index (χ2n) is 9.82. The monoisotopic (exact) mass is 446 g/mol. The third-order valence-corrected chi connectivity index (χ3v) is 7.40. The second-order valence-corrected chi connectivity index (χ2v) is 9.82. The summed E-state index contributed by atoms with van der Waals surface area (Å²) in [6.45, 7) is 2.41. The Balaban J connectivity index is 1.68. The predicted octanol–water partition coefficient (Wildman–Crippen LogP) is 6.08. The normalized spacial score (nSPS) is 18.8. The van der Waals surface area contributed by atoms with Gasteiger partial charge < -0.3 is 19.3 Å². The summed E-state index contributed by atoms with van der Waals surface area (Å²) in [5, 5.41) is 10.9. The number of hydrogen-bond donors (Lipinski definition) is 1. The maximum Gasteiger partial charge on any atom is 0.335 e. The highest BCUT2D eigenvalue weighted by Crippen LogP contribution is 2.47. The van der Waals surface area contributed by atoms with Crippen LogP contribution >= 0.6 is 0 Å². The van der Waals surface area contributed by atoms with E-state index in [9.17, 15) is 9.90 Å². The van der Waals surface area contributed by atoms with E-state index in [1.807, 2.05) is 6.07 Å². The Kier molecular flexibility index (Phi) is 6.26. The van der Waals surface area contributed by atoms with Crippen LogP contribution in [0, 0.1) is 0 Å². The van der Waals surface area contributed by atoms with Gasteiger partial charge in [-0.15, -0.1) is 0 Å². The number of hydrogen-bond acceptors (Lipinski definition) is 3. The van der Waals surface area contributed by atoms with Crippen LogP contribution in [-0.4, -0.2) is 47.8 Å². The van der Waals surface area contributed by atoms with Gasteiger partial charge >= 0.3 is 5.97 Å². The summed E-state index contributed by atoms with van der Waals surface area (Å²) in [5.41, 5.74) is 6.62. The van der Waals surface area contributed by atoms with E-state index in [-0.39, 0.29) is 6.10 Å². The van der Waals surface area contributed by atoms with Gasteiger partial charge in [-0.3, -0.25) is 0 Å². The van der Waals surface area contributed by atoms with Crippen molar-refractivity contribution in [2.45, 2.75) is 57.1 Å². The van der Waals surface area contributed by atoms with Crippen LogP contribution in [0.5, 0.6) is 0 Å². The van der Waals surface area contributed by atoms with Gasteiger partial charge in [0.25, 0.3) is 0 Å². The van der Waals surface area contributed by atoms with Gasteiger partial charge in [0.2, 0.25) is 0 Å². The number of fused-ring (bicyclic) bond motifs is 5. The molecule has 5 heteroatoms. The molecule has 1 saturated carbocycles. The number of carbonyl (C=O) groups is 1. The molecule has 1 atom stereocenters. The lowest BCUT2D eigenvalue weighted by Crippen LogP contribution is -2.19. The Morgan fingerprint density at radius 1 is 1.09 bits per heavy atom. The first kappa shape index (κ1) is 22.2. The average molecular weight is 447 g/mol. The molecule has 0 radical (unpaired) electrons. The molecule has 2 heterocycles. The van der Waals surface area contributed by atoms with Crippen LogP contribution in [0.3, 0.4) is 0 Å². The summed E-state index contributed by atoms with van der Waals surface area (Å²) in [5.74, 6) is -0.349. The van der Waals surface area contributed by atoms with E-state index < -0.39 is 5.97 Å². The van der Waals surface area contributed by atoms with Crippen molar-refractivity contribution in [2.24, 2.45) is 0 Å². The number of nitrogens with zero attached hydrogens (tertiary/aromatic N) is 2. The van der Waals surface area contributed by atoms with Crippen LogP contribution in [0.2, 0.25) is 0 Å². The number of aromatic nitrogens is 1. The van der Waals surface area contributed by atoms with Crippen molar-refractivity contribution in [3.63, 3.8) is 0 Å². The SMILES string of the molecule is CN(C)CCOC1CCn2c(c(C3CCCCC3)c3ccc(C(=O)O)cc32)-c2ccccc21. The Hall–Kier alpha value is -2.63. The molecule has 174 valence electrons. The van der Waals surface area contributed by atoms with Crippen LogP contribution in [0.4, 0.5) is 0 Å². The zero-order valence-electron chi connectivity index (χ0n) is 19.7. The van der Waals surface area contributed by atoms with E-state index in [2.05, 4.69) is 53.9 Å². The highest BCUT2D eigenvalue weighted by molar-refractivity contribution is 5.98. The molecule has 1 N–H and O–H groups in total. The van der Waals surface area contributed by atoms with Crippen LogP contribution in [0.1, 0.15) is 72.0 Å². The van der Waals surface area contributed by atoms with Crippen molar-refractivity contribution < 1.29 is 14.6 Å². The molecule has 0 bridgehead atoms. The minimum atomic E-state index is -0.870. The Bertz CT molecular complexity index is 1160. The second kappa shape index (κ2) is 9.32. The van der Waals surface area contributed by atoms with E-state index in [0.29, 0.717) is 18.1 Å². The molecule has 1 aliphatic heterocycles. The molecule has 2 aliphatic rings. The number of aromatic carboxylic acids is 1. The Labute approximate surface area is 196 Å². The molecule has 3 aromatic rings. The largest absolute Gasteiger partial charge is 0.478 e. The lowest BCUT2D eigenvalue weighted by Gasteiger charge is -2.24. The quantitative estimate of drug-likeness (QED) is 0.499. The molecule has 5 rings (SSSR count). The number of carboxylic acids is 1. The van der Waals surface area contributed by atoms with Gasteiger partial charge in [0, 0.05) is 29.6 Å². The van der Waals surface area contributed by atoms with E-state index in [1.54, 1.807) is 6.07 Å². The van der Waals surface area contributed by atoms with Gasteiger partial charge in [0.15, 0.2) is 0 Å². The molecular weight excluding hydrogens is 412 g/mol. The fourth-order valence-corrected chi connectivity index (χ4v) is 5.78. The first-order valence-electron chi connectivity index (χ1n) is 12.3. The summed E-state index contributed by atoms with van der Waals surface area (Å²) >= 11 is 0. The van der Waals surface area contributed by atoms with Crippen LogP contribution in [0.25, 0.3) is 22.2 Å². The van der Waals surface area contributed by atoms with Gasteiger partial charge in [-0.1, -0.05) is 49.6 Å². The standard InChI is InChI=1S/C28H34N2O3/c1-29(2)16-17-33-25-14-15-30-24-18-20(28(31)32)12-13-23(24)26(19-8-4-3-5-9-19)27(30)22-11-7-6-10-21(22)25/h6-7,10-13,18-19,25H,3-5,8-9,14-17H2,1-2H3,(H,31,32). The maximum absolute atomic E-state index is 11.8. The minimum absolute atomic E-state index is 0.0398. The summed E-state index contributed by atoms with van der Waals surface area (Å²) in [6, 6.07) is 14.4. The average Bonchev–Trinajstić information content (AvgIpc) is 3.05. The highest BCUT2D eigenvalue weighted by Gasteiger charge is 2.31. The molecule has 1 fully saturated rings. The van der Waals surface area contributed by atoms with Crippen molar-refractivity contribution >= 4 is 16.9 Å². The van der Waals surface area contributed by atoms with Gasteiger partial charge in [0.1, 0.15) is 0 Å². The van der Waals surface area contributed by atoms with E-state index >= 15 is 0 Å². The van der Waals surface area contributed by atoms with Crippen LogP contribution in [0.15, 0.2) is 42.5 Å². The summed E-state index contributed by atoms with van der Waals surface area (Å²) in [4.78, 5) is 13.9. The molecular formula is C28H34N2O3. The molecule has 2 aromatic carbocycles. The molecule has 33 heavy (non-hydrogen) atoms. The van der Waals surface area contributed by atoms with Crippen molar-refractivity contribution in [2.75, 3.05) is 27.2 Å². The zero-order valence-corrected chi connectivity index (χ0v) is 19.7. The fourth-order valence-electron chi connectivity index (χ4n) is 5.78. The molecule has 0 saturated heterocycles. The number of benzene rings is 2.